The summed E-state index contributed by atoms with van der Waals surface area (Å²) in [6.45, 7) is 11.1. The van der Waals surface area contributed by atoms with Crippen LogP contribution < -0.4 is 4.74 Å². The highest BCUT2D eigenvalue weighted by atomic mass is 32.1. The molecule has 1 aromatic carbocycles. The lowest BCUT2D eigenvalue weighted by Crippen LogP contribution is -2.26. The second kappa shape index (κ2) is 8.10. The van der Waals surface area contributed by atoms with Crippen LogP contribution in [0, 0.1) is 22.7 Å². The molecule has 0 spiro atoms. The van der Waals surface area contributed by atoms with Crippen LogP contribution in [0.5, 0.6) is 5.75 Å². The van der Waals surface area contributed by atoms with E-state index in [-0.39, 0.29) is 0 Å². The van der Waals surface area contributed by atoms with E-state index >= 15 is 0 Å². The first kappa shape index (κ1) is 19.4. The number of nitrogens with zero attached hydrogens (tertiary/aromatic N) is 2. The minimum Gasteiger partial charge on any atom is -0.489 e. The number of hydrogen-bond donors (Lipinski definition) is 0. The highest BCUT2D eigenvalue weighted by Gasteiger charge is 2.32. The van der Waals surface area contributed by atoms with Crippen LogP contribution in [0.4, 0.5) is 5.00 Å². The first-order valence-electron chi connectivity index (χ1n) is 9.35. The Morgan fingerprint density at radius 1 is 1.37 bits per heavy atom. The molecule has 0 amide bonds. The lowest BCUT2D eigenvalue weighted by Gasteiger charge is -2.33. The predicted molar refractivity (Wildman–Crippen MR) is 113 cm³/mol. The van der Waals surface area contributed by atoms with E-state index in [1.165, 1.54) is 10.4 Å². The van der Waals surface area contributed by atoms with Crippen molar-refractivity contribution < 1.29 is 4.74 Å². The third kappa shape index (κ3) is 4.31. The van der Waals surface area contributed by atoms with Gasteiger partial charge in [-0.3, -0.25) is 0 Å². The summed E-state index contributed by atoms with van der Waals surface area (Å²) in [7, 11) is 0. The van der Waals surface area contributed by atoms with Crippen LogP contribution in [-0.2, 0) is 12.8 Å². The minimum atomic E-state index is 0.291. The van der Waals surface area contributed by atoms with Gasteiger partial charge in [-0.25, -0.2) is 4.99 Å². The van der Waals surface area contributed by atoms with E-state index in [2.05, 4.69) is 38.4 Å². The third-order valence-electron chi connectivity index (χ3n) is 5.18. The van der Waals surface area contributed by atoms with Crippen molar-refractivity contribution in [3.05, 3.63) is 58.5 Å². The summed E-state index contributed by atoms with van der Waals surface area (Å²) in [5.74, 6) is 1.42. The molecule has 0 saturated heterocycles. The van der Waals surface area contributed by atoms with E-state index in [4.69, 9.17) is 4.74 Å². The average Bonchev–Trinajstić information content (AvgIpc) is 3.01. The molecule has 0 saturated carbocycles. The van der Waals surface area contributed by atoms with Gasteiger partial charge in [-0.05, 0) is 48.3 Å². The summed E-state index contributed by atoms with van der Waals surface area (Å²) >= 11 is 1.67. The van der Waals surface area contributed by atoms with E-state index in [9.17, 15) is 5.26 Å². The molecule has 1 aromatic heterocycles. The van der Waals surface area contributed by atoms with Crippen LogP contribution in [0.25, 0.3) is 0 Å². The fraction of sp³-hybridized carbons (Fsp3) is 0.391. The molecule has 2 aromatic rings. The monoisotopic (exact) mass is 378 g/mol. The Balaban J connectivity index is 1.89. The van der Waals surface area contributed by atoms with Gasteiger partial charge < -0.3 is 4.74 Å². The van der Waals surface area contributed by atoms with Crippen molar-refractivity contribution in [2.45, 2.75) is 40.0 Å². The zero-order chi connectivity index (χ0) is 19.4. The van der Waals surface area contributed by atoms with Crippen LogP contribution in [0.1, 0.15) is 48.8 Å². The van der Waals surface area contributed by atoms with Crippen molar-refractivity contribution in [2.75, 3.05) is 6.61 Å². The van der Waals surface area contributed by atoms with Crippen molar-refractivity contribution in [3.63, 3.8) is 0 Å². The molecular weight excluding hydrogens is 352 g/mol. The number of hydrogen-bond acceptors (Lipinski definition) is 4. The van der Waals surface area contributed by atoms with Gasteiger partial charge in [0, 0.05) is 16.7 Å². The second-order valence-electron chi connectivity index (χ2n) is 8.00. The number of aliphatic imine (C=N–C) groups is 1. The summed E-state index contributed by atoms with van der Waals surface area (Å²) in [4.78, 5) is 6.01. The smallest absolute Gasteiger partial charge is 0.134 e. The zero-order valence-electron chi connectivity index (χ0n) is 16.3. The Morgan fingerprint density at radius 3 is 2.85 bits per heavy atom. The average molecular weight is 379 g/mol. The third-order valence-corrected chi connectivity index (χ3v) is 6.34. The molecule has 1 aliphatic carbocycles. The zero-order valence-corrected chi connectivity index (χ0v) is 17.1. The lowest BCUT2D eigenvalue weighted by atomic mass is 9.72. The van der Waals surface area contributed by atoms with Crippen molar-refractivity contribution in [2.24, 2.45) is 16.3 Å². The molecule has 0 aliphatic heterocycles. The van der Waals surface area contributed by atoms with E-state index in [1.54, 1.807) is 23.6 Å². The fourth-order valence-electron chi connectivity index (χ4n) is 3.51. The van der Waals surface area contributed by atoms with Gasteiger partial charge in [-0.2, -0.15) is 5.26 Å². The summed E-state index contributed by atoms with van der Waals surface area (Å²) in [6, 6.07) is 10.2. The highest BCUT2D eigenvalue weighted by molar-refractivity contribution is 7.16. The number of fused-ring (bicyclic) bond motifs is 1. The topological polar surface area (TPSA) is 45.4 Å². The molecular formula is C23H26N2OS. The maximum atomic E-state index is 9.70. The molecule has 3 rings (SSSR count). The molecule has 1 aliphatic rings. The quantitative estimate of drug-likeness (QED) is 0.467. The number of benzene rings is 1. The van der Waals surface area contributed by atoms with Crippen molar-refractivity contribution >= 4 is 22.6 Å². The van der Waals surface area contributed by atoms with Crippen LogP contribution in [-0.4, -0.2) is 12.8 Å². The normalized spacial score (nSPS) is 16.7. The molecule has 4 heteroatoms. The molecule has 1 atom stereocenters. The van der Waals surface area contributed by atoms with E-state index in [1.807, 2.05) is 24.3 Å². The largest absolute Gasteiger partial charge is 0.489 e. The molecule has 27 heavy (non-hydrogen) atoms. The maximum Gasteiger partial charge on any atom is 0.134 e. The lowest BCUT2D eigenvalue weighted by molar-refractivity contribution is 0.218. The molecule has 0 unspecified atom stereocenters. The van der Waals surface area contributed by atoms with Gasteiger partial charge in [0.2, 0.25) is 0 Å². The van der Waals surface area contributed by atoms with Crippen LogP contribution >= 0.6 is 11.3 Å². The number of ether oxygens (including phenoxy) is 1. The van der Waals surface area contributed by atoms with Gasteiger partial charge in [0.25, 0.3) is 0 Å². The summed E-state index contributed by atoms with van der Waals surface area (Å²) < 4.78 is 5.69. The Labute approximate surface area is 166 Å². The number of thiophene rings is 1. The van der Waals surface area contributed by atoms with Crippen LogP contribution in [0.3, 0.4) is 0 Å². The van der Waals surface area contributed by atoms with Gasteiger partial charge >= 0.3 is 0 Å². The minimum absolute atomic E-state index is 0.291. The fourth-order valence-corrected chi connectivity index (χ4v) is 4.73. The van der Waals surface area contributed by atoms with Gasteiger partial charge in [0.05, 0.1) is 5.56 Å². The van der Waals surface area contributed by atoms with E-state index in [0.29, 0.717) is 17.9 Å². The Hall–Kier alpha value is -2.38. The van der Waals surface area contributed by atoms with Crippen molar-refractivity contribution in [3.8, 4) is 11.8 Å². The van der Waals surface area contributed by atoms with Gasteiger partial charge in [-0.15, -0.1) is 11.3 Å². The van der Waals surface area contributed by atoms with Crippen LogP contribution in [0.2, 0.25) is 0 Å². The van der Waals surface area contributed by atoms with E-state index < -0.39 is 0 Å². The summed E-state index contributed by atoms with van der Waals surface area (Å²) in [6.07, 6.45) is 6.69. The van der Waals surface area contributed by atoms with Crippen molar-refractivity contribution in [1.29, 1.82) is 5.26 Å². The molecule has 1 heterocycles. The number of nitriles is 1. The summed E-state index contributed by atoms with van der Waals surface area (Å²) in [5, 5.41) is 10.5. The van der Waals surface area contributed by atoms with Crippen molar-refractivity contribution in [1.82, 2.24) is 0 Å². The molecule has 0 fully saturated rings. The molecule has 3 nitrogen and oxygen atoms in total. The molecule has 140 valence electrons. The number of para-hydroxylation sites is 1. The van der Waals surface area contributed by atoms with Gasteiger partial charge in [0.1, 0.15) is 23.4 Å². The second-order valence-corrected chi connectivity index (χ2v) is 9.08. The molecule has 0 radical (unpaired) electrons. The Bertz CT molecular complexity index is 896. The highest BCUT2D eigenvalue weighted by Crippen LogP contribution is 2.44. The van der Waals surface area contributed by atoms with Crippen LogP contribution in [0.15, 0.2) is 41.9 Å². The number of rotatable bonds is 5. The Kier molecular flexibility index (Phi) is 5.82. The van der Waals surface area contributed by atoms with Gasteiger partial charge in [-0.1, -0.05) is 45.6 Å². The first-order valence-corrected chi connectivity index (χ1v) is 10.2. The summed E-state index contributed by atoms with van der Waals surface area (Å²) in [5.41, 5.74) is 3.16. The Morgan fingerprint density at radius 2 is 2.15 bits per heavy atom. The standard InChI is InChI=1S/C23H26N2OS/c1-5-12-26-20-9-7-6-8-16(20)15-25-22-19(14-24)18-11-10-17(23(2,3)4)13-21(18)27-22/h5-9,15,17H,1,10-13H2,2-4H3/t17-/m1/s1. The maximum absolute atomic E-state index is 9.70. The van der Waals surface area contributed by atoms with E-state index in [0.717, 1.165) is 41.1 Å². The molecule has 0 N–H and O–H groups in total. The SMILES string of the molecule is C=CCOc1ccccc1C=Nc1sc2c(c1C#N)CC[C@@H](C(C)(C)C)C2. The first-order chi connectivity index (χ1) is 12.9. The van der Waals surface area contributed by atoms with Gasteiger partial charge in [0.15, 0.2) is 0 Å². The molecule has 0 bridgehead atoms. The predicted octanol–water partition coefficient (Wildman–Crippen LogP) is 6.09.